The van der Waals surface area contributed by atoms with Gasteiger partial charge in [0.2, 0.25) is 0 Å². The first-order chi connectivity index (χ1) is 9.52. The van der Waals surface area contributed by atoms with Crippen molar-refractivity contribution in [1.29, 1.82) is 0 Å². The minimum absolute atomic E-state index is 0.399. The molecule has 114 valence electrons. The Morgan fingerprint density at radius 1 is 1.25 bits per heavy atom. The van der Waals surface area contributed by atoms with Crippen LogP contribution in [-0.4, -0.2) is 12.1 Å². The van der Waals surface area contributed by atoms with Gasteiger partial charge >= 0.3 is 0 Å². The maximum Gasteiger partial charge on any atom is 0.129 e. The Morgan fingerprint density at radius 2 is 1.95 bits per heavy atom. The van der Waals surface area contributed by atoms with Crippen LogP contribution in [0.3, 0.4) is 0 Å². The number of hydrogen-bond donors (Lipinski definition) is 1. The summed E-state index contributed by atoms with van der Waals surface area (Å²) in [5.41, 5.74) is 1.20. The molecular weight excluding hydrogens is 250 g/mol. The first kappa shape index (κ1) is 15.6. The van der Waals surface area contributed by atoms with Gasteiger partial charge in [0, 0.05) is 18.2 Å². The van der Waals surface area contributed by atoms with Crippen molar-refractivity contribution in [2.75, 3.05) is 0 Å². The average molecular weight is 279 g/mol. The molecule has 0 bridgehead atoms. The minimum Gasteiger partial charge on any atom is -0.467 e. The lowest BCUT2D eigenvalue weighted by Crippen LogP contribution is -2.26. The molecule has 20 heavy (non-hydrogen) atoms. The number of rotatable bonds is 6. The lowest BCUT2D eigenvalue weighted by Gasteiger charge is -2.31. The van der Waals surface area contributed by atoms with E-state index in [-0.39, 0.29) is 0 Å². The van der Waals surface area contributed by atoms with E-state index in [2.05, 4.69) is 39.1 Å². The van der Waals surface area contributed by atoms with Crippen molar-refractivity contribution in [2.24, 2.45) is 11.8 Å². The summed E-state index contributed by atoms with van der Waals surface area (Å²) < 4.78 is 11.6. The first-order valence-electron chi connectivity index (χ1n) is 7.94. The van der Waals surface area contributed by atoms with E-state index in [9.17, 15) is 0 Å². The fourth-order valence-corrected chi connectivity index (χ4v) is 3.13. The van der Waals surface area contributed by atoms with Crippen LogP contribution in [0.4, 0.5) is 0 Å². The maximum absolute atomic E-state index is 6.03. The van der Waals surface area contributed by atoms with Gasteiger partial charge in [-0.25, -0.2) is 0 Å². The zero-order valence-corrected chi connectivity index (χ0v) is 13.3. The van der Waals surface area contributed by atoms with Gasteiger partial charge in [-0.1, -0.05) is 27.7 Å². The summed E-state index contributed by atoms with van der Waals surface area (Å²) in [6, 6.07) is 2.60. The molecule has 1 aromatic heterocycles. The highest BCUT2D eigenvalue weighted by Crippen LogP contribution is 2.30. The predicted molar refractivity (Wildman–Crippen MR) is 81.4 cm³/mol. The van der Waals surface area contributed by atoms with Gasteiger partial charge < -0.3 is 14.5 Å². The summed E-state index contributed by atoms with van der Waals surface area (Å²) >= 11 is 0. The second-order valence-corrected chi connectivity index (χ2v) is 6.81. The molecule has 1 aromatic rings. The van der Waals surface area contributed by atoms with E-state index in [4.69, 9.17) is 9.15 Å². The Labute approximate surface area is 123 Å². The smallest absolute Gasteiger partial charge is 0.129 e. The Hall–Kier alpha value is -0.800. The fourth-order valence-electron chi connectivity index (χ4n) is 3.13. The van der Waals surface area contributed by atoms with Crippen molar-refractivity contribution in [3.05, 3.63) is 23.7 Å². The highest BCUT2D eigenvalue weighted by molar-refractivity contribution is 5.12. The molecule has 1 fully saturated rings. The van der Waals surface area contributed by atoms with Gasteiger partial charge in [-0.3, -0.25) is 0 Å². The summed E-state index contributed by atoms with van der Waals surface area (Å²) in [6.07, 6.45) is 5.95. The zero-order valence-electron chi connectivity index (χ0n) is 13.3. The van der Waals surface area contributed by atoms with Gasteiger partial charge in [-0.15, -0.1) is 0 Å². The van der Waals surface area contributed by atoms with Crippen LogP contribution in [0.15, 0.2) is 16.7 Å². The van der Waals surface area contributed by atoms with Crippen LogP contribution >= 0.6 is 0 Å². The van der Waals surface area contributed by atoms with Crippen molar-refractivity contribution in [3.8, 4) is 0 Å². The summed E-state index contributed by atoms with van der Waals surface area (Å²) in [5, 5.41) is 3.39. The molecule has 2 unspecified atom stereocenters. The molecule has 1 aliphatic rings. The van der Waals surface area contributed by atoms with E-state index in [0.717, 1.165) is 24.1 Å². The van der Waals surface area contributed by atoms with Crippen molar-refractivity contribution < 1.29 is 9.15 Å². The minimum atomic E-state index is 0.399. The standard InChI is InChI=1S/C17H29NO2/c1-12(2)18-9-15-8-17(19-10-15)11-20-16-6-13(3)5-14(4)7-16/h8,10,12-14,16,18H,5-7,9,11H2,1-4H3. The number of ether oxygens (including phenoxy) is 1. The monoisotopic (exact) mass is 279 g/mol. The highest BCUT2D eigenvalue weighted by atomic mass is 16.5. The second-order valence-electron chi connectivity index (χ2n) is 6.81. The molecule has 2 atom stereocenters. The largest absolute Gasteiger partial charge is 0.467 e. The molecule has 3 nitrogen and oxygen atoms in total. The van der Waals surface area contributed by atoms with Gasteiger partial charge in [-0.05, 0) is 37.2 Å². The molecule has 1 saturated carbocycles. The van der Waals surface area contributed by atoms with Crippen molar-refractivity contribution in [2.45, 2.75) is 72.3 Å². The number of hydrogen-bond acceptors (Lipinski definition) is 3. The summed E-state index contributed by atoms with van der Waals surface area (Å²) in [7, 11) is 0. The zero-order chi connectivity index (χ0) is 14.5. The molecule has 0 aromatic carbocycles. The van der Waals surface area contributed by atoms with E-state index in [1.54, 1.807) is 0 Å². The normalized spacial score (nSPS) is 27.1. The third kappa shape index (κ3) is 4.95. The van der Waals surface area contributed by atoms with Crippen LogP contribution < -0.4 is 5.32 Å². The SMILES string of the molecule is CC1CC(C)CC(OCc2cc(CNC(C)C)co2)C1. The number of nitrogens with one attached hydrogen (secondary N) is 1. The Morgan fingerprint density at radius 3 is 2.60 bits per heavy atom. The topological polar surface area (TPSA) is 34.4 Å². The van der Waals surface area contributed by atoms with Crippen LogP contribution in [0, 0.1) is 11.8 Å². The second kappa shape index (κ2) is 7.28. The summed E-state index contributed by atoms with van der Waals surface area (Å²) in [4.78, 5) is 0. The molecule has 3 heteroatoms. The van der Waals surface area contributed by atoms with Crippen LogP contribution in [0.1, 0.15) is 58.3 Å². The van der Waals surface area contributed by atoms with Crippen LogP contribution in [0.2, 0.25) is 0 Å². The van der Waals surface area contributed by atoms with Crippen molar-refractivity contribution >= 4 is 0 Å². The molecule has 1 heterocycles. The third-order valence-electron chi connectivity index (χ3n) is 4.02. The molecule has 1 N–H and O–H groups in total. The van der Waals surface area contributed by atoms with Gasteiger partial charge in [0.15, 0.2) is 0 Å². The lowest BCUT2D eigenvalue weighted by molar-refractivity contribution is -0.0156. The molecule has 0 saturated heterocycles. The van der Waals surface area contributed by atoms with Gasteiger partial charge in [0.05, 0.1) is 12.4 Å². The van der Waals surface area contributed by atoms with E-state index in [1.807, 2.05) is 6.26 Å². The molecule has 1 aliphatic carbocycles. The predicted octanol–water partition coefficient (Wildman–Crippen LogP) is 4.12. The Bertz CT molecular complexity index is 389. The molecule has 0 spiro atoms. The summed E-state index contributed by atoms with van der Waals surface area (Å²) in [6.45, 7) is 10.4. The third-order valence-corrected chi connectivity index (χ3v) is 4.02. The Kier molecular flexibility index (Phi) is 5.67. The quantitative estimate of drug-likeness (QED) is 0.850. The van der Waals surface area contributed by atoms with Gasteiger partial charge in [-0.2, -0.15) is 0 Å². The summed E-state index contributed by atoms with van der Waals surface area (Å²) in [5.74, 6) is 2.51. The van der Waals surface area contributed by atoms with E-state index < -0.39 is 0 Å². The highest BCUT2D eigenvalue weighted by Gasteiger charge is 2.24. The van der Waals surface area contributed by atoms with Gasteiger partial charge in [0.25, 0.3) is 0 Å². The lowest BCUT2D eigenvalue weighted by atomic mass is 9.82. The van der Waals surface area contributed by atoms with Gasteiger partial charge in [0.1, 0.15) is 12.4 Å². The first-order valence-corrected chi connectivity index (χ1v) is 7.94. The maximum atomic E-state index is 6.03. The molecule has 0 amide bonds. The number of furan rings is 1. The molecule has 0 aliphatic heterocycles. The molecule has 0 radical (unpaired) electrons. The molecule has 2 rings (SSSR count). The van der Waals surface area contributed by atoms with Crippen LogP contribution in [-0.2, 0) is 17.9 Å². The van der Waals surface area contributed by atoms with Crippen LogP contribution in [0.25, 0.3) is 0 Å². The van der Waals surface area contributed by atoms with Crippen molar-refractivity contribution in [1.82, 2.24) is 5.32 Å². The Balaban J connectivity index is 1.76. The van der Waals surface area contributed by atoms with Crippen LogP contribution in [0.5, 0.6) is 0 Å². The average Bonchev–Trinajstić information content (AvgIpc) is 2.81. The van der Waals surface area contributed by atoms with Crippen molar-refractivity contribution in [3.63, 3.8) is 0 Å². The molecular formula is C17H29NO2. The van der Waals surface area contributed by atoms with E-state index in [0.29, 0.717) is 18.8 Å². The van der Waals surface area contributed by atoms with E-state index in [1.165, 1.54) is 24.8 Å². The van der Waals surface area contributed by atoms with E-state index >= 15 is 0 Å². The fraction of sp³-hybridized carbons (Fsp3) is 0.765.